The van der Waals surface area contributed by atoms with Gasteiger partial charge in [-0.15, -0.1) is 0 Å². The van der Waals surface area contributed by atoms with Gasteiger partial charge in [0.2, 0.25) is 0 Å². The Morgan fingerprint density at radius 2 is 0.692 bits per heavy atom. The van der Waals surface area contributed by atoms with Crippen molar-refractivity contribution >= 4 is 98.5 Å². The van der Waals surface area contributed by atoms with E-state index in [0.29, 0.717) is 0 Å². The van der Waals surface area contributed by atoms with E-state index in [9.17, 15) is 0 Å². The van der Waals surface area contributed by atoms with Gasteiger partial charge in [0.05, 0.1) is 55.5 Å². The van der Waals surface area contributed by atoms with Crippen LogP contribution in [0.2, 0.25) is 0 Å². The predicted molar refractivity (Wildman–Crippen MR) is 214 cm³/mol. The molecule has 7 heterocycles. The lowest BCUT2D eigenvalue weighted by Gasteiger charge is -2.16. The summed E-state index contributed by atoms with van der Waals surface area (Å²) in [4.78, 5) is 9.93. The third kappa shape index (κ3) is 3.05. The van der Waals surface area contributed by atoms with Crippen molar-refractivity contribution in [3.63, 3.8) is 0 Å². The van der Waals surface area contributed by atoms with Gasteiger partial charge < -0.3 is 8.80 Å². The highest BCUT2D eigenvalue weighted by Gasteiger charge is 2.26. The number of hydrogen-bond acceptors (Lipinski definition) is 2. The Hall–Kier alpha value is -7.18. The van der Waals surface area contributed by atoms with Gasteiger partial charge in [0.15, 0.2) is 0 Å². The number of rotatable bonds is 2. The Morgan fingerprint density at radius 1 is 0.308 bits per heavy atom. The Labute approximate surface area is 294 Å². The van der Waals surface area contributed by atoms with Crippen LogP contribution in [0.25, 0.3) is 110 Å². The Balaban J connectivity index is 1.26. The standard InChI is InChI=1S/C46H26N6/c1-5-17-33-27(11-1)29-15-9-25-47-45(29)51(33)37-21-23-39-43-41(37)31-13-3-7-19-35(31)49(43)40-24-22-38(42-32-14-4-8-20-36(32)50(39)44(40)42)52-34-18-6-2-12-28(34)30-16-10-26-48-46(30)52/h1-26H. The molecule has 0 fully saturated rings. The molecular formula is C46H26N6. The van der Waals surface area contributed by atoms with Gasteiger partial charge in [-0.2, -0.15) is 0 Å². The number of hydrogen-bond donors (Lipinski definition) is 0. The topological polar surface area (TPSA) is 44.5 Å². The predicted octanol–water partition coefficient (Wildman–Crippen LogP) is 11.2. The van der Waals surface area contributed by atoms with Crippen molar-refractivity contribution in [2.45, 2.75) is 0 Å². The maximum absolute atomic E-state index is 4.97. The third-order valence-corrected chi connectivity index (χ3v) is 11.4. The molecule has 0 spiro atoms. The van der Waals surface area contributed by atoms with Crippen molar-refractivity contribution in [2.24, 2.45) is 0 Å². The molecule has 13 aromatic rings. The first-order chi connectivity index (χ1) is 25.9. The molecule has 0 saturated heterocycles. The number of aromatic nitrogens is 6. The smallest absolute Gasteiger partial charge is 0.145 e. The summed E-state index contributed by atoms with van der Waals surface area (Å²) in [5, 5.41) is 9.58. The van der Waals surface area contributed by atoms with Crippen LogP contribution in [0.15, 0.2) is 158 Å². The van der Waals surface area contributed by atoms with E-state index in [0.717, 1.165) is 44.5 Å². The summed E-state index contributed by atoms with van der Waals surface area (Å²) in [7, 11) is 0. The maximum Gasteiger partial charge on any atom is 0.145 e. The summed E-state index contributed by atoms with van der Waals surface area (Å²) < 4.78 is 9.72. The normalized spacial score (nSPS) is 12.6. The van der Waals surface area contributed by atoms with E-state index >= 15 is 0 Å². The molecule has 0 atom stereocenters. The first-order valence-electron chi connectivity index (χ1n) is 17.7. The summed E-state index contributed by atoms with van der Waals surface area (Å²) in [6, 6.07) is 52.7. The van der Waals surface area contributed by atoms with Crippen molar-refractivity contribution < 1.29 is 0 Å². The summed E-state index contributed by atoms with van der Waals surface area (Å²) in [5.74, 6) is 0. The molecule has 52 heavy (non-hydrogen) atoms. The minimum atomic E-state index is 0.963. The Morgan fingerprint density at radius 3 is 1.15 bits per heavy atom. The first-order valence-corrected chi connectivity index (χ1v) is 17.7. The van der Waals surface area contributed by atoms with E-state index < -0.39 is 0 Å². The van der Waals surface area contributed by atoms with Crippen LogP contribution in [0.3, 0.4) is 0 Å². The van der Waals surface area contributed by atoms with Gasteiger partial charge in [0, 0.05) is 55.5 Å². The summed E-state index contributed by atoms with van der Waals surface area (Å²) >= 11 is 0. The van der Waals surface area contributed by atoms with Crippen LogP contribution in [0.4, 0.5) is 0 Å². The average Bonchev–Trinajstić information content (AvgIpc) is 3.94. The van der Waals surface area contributed by atoms with Gasteiger partial charge in [-0.3, -0.25) is 9.13 Å². The van der Waals surface area contributed by atoms with Gasteiger partial charge in [-0.05, 0) is 72.8 Å². The second-order valence-corrected chi connectivity index (χ2v) is 13.8. The zero-order chi connectivity index (χ0) is 33.7. The molecule has 0 N–H and O–H groups in total. The lowest BCUT2D eigenvalue weighted by Crippen LogP contribution is -2.02. The fourth-order valence-electron chi connectivity index (χ4n) is 9.44. The minimum absolute atomic E-state index is 0.963. The maximum atomic E-state index is 4.97. The van der Waals surface area contributed by atoms with E-state index in [1.54, 1.807) is 0 Å². The molecule has 0 unspecified atom stereocenters. The van der Waals surface area contributed by atoms with Crippen molar-refractivity contribution in [2.75, 3.05) is 0 Å². The molecule has 13 rings (SSSR count). The van der Waals surface area contributed by atoms with Crippen molar-refractivity contribution in [3.05, 3.63) is 158 Å². The molecule has 6 aromatic carbocycles. The van der Waals surface area contributed by atoms with Crippen molar-refractivity contribution in [3.8, 4) is 11.4 Å². The van der Waals surface area contributed by atoms with E-state index in [4.69, 9.17) is 9.97 Å². The summed E-state index contributed by atoms with van der Waals surface area (Å²) in [6.45, 7) is 0. The molecule has 0 saturated carbocycles. The second kappa shape index (κ2) is 9.33. The highest BCUT2D eigenvalue weighted by molar-refractivity contribution is 6.26. The molecular weight excluding hydrogens is 637 g/mol. The fraction of sp³-hybridized carbons (Fsp3) is 0. The lowest BCUT2D eigenvalue weighted by atomic mass is 10.1. The number of nitrogens with zero attached hydrogens (tertiary/aromatic N) is 6. The number of pyridine rings is 2. The average molecular weight is 663 g/mol. The van der Waals surface area contributed by atoms with Crippen LogP contribution in [0.5, 0.6) is 0 Å². The molecule has 6 nitrogen and oxygen atoms in total. The molecule has 0 bridgehead atoms. The molecule has 0 amide bonds. The van der Waals surface area contributed by atoms with Crippen LogP contribution in [-0.4, -0.2) is 27.9 Å². The highest BCUT2D eigenvalue weighted by Crippen LogP contribution is 2.46. The largest absolute Gasteiger partial charge is 0.305 e. The molecule has 0 aliphatic rings. The van der Waals surface area contributed by atoms with E-state index in [-0.39, 0.29) is 0 Å². The first kappa shape index (κ1) is 26.7. The monoisotopic (exact) mass is 662 g/mol. The fourth-order valence-corrected chi connectivity index (χ4v) is 9.44. The van der Waals surface area contributed by atoms with Crippen LogP contribution in [-0.2, 0) is 0 Å². The summed E-state index contributed by atoms with van der Waals surface area (Å²) in [5.41, 5.74) is 13.6. The lowest BCUT2D eigenvalue weighted by molar-refractivity contribution is 1.14. The van der Waals surface area contributed by atoms with Gasteiger partial charge in [0.1, 0.15) is 11.3 Å². The Bertz CT molecular complexity index is 3300. The highest BCUT2D eigenvalue weighted by atomic mass is 15.1. The number of para-hydroxylation sites is 4. The second-order valence-electron chi connectivity index (χ2n) is 13.8. The SMILES string of the molecule is c1ccc2c(c1)c1cccnc1n2-c1ccc2c3c1c1ccccc1n3c1ccc(-n3c4ccccc4c4cccnc43)c3c4ccccc4n2c31. The zero-order valence-corrected chi connectivity index (χ0v) is 27.7. The third-order valence-electron chi connectivity index (χ3n) is 11.4. The van der Waals surface area contributed by atoms with Crippen molar-refractivity contribution in [1.82, 2.24) is 27.9 Å². The van der Waals surface area contributed by atoms with Crippen LogP contribution in [0.1, 0.15) is 0 Å². The molecule has 0 aliphatic heterocycles. The molecule has 0 aliphatic carbocycles. The molecule has 240 valence electrons. The van der Waals surface area contributed by atoms with Crippen LogP contribution in [0, 0.1) is 0 Å². The van der Waals surface area contributed by atoms with Crippen LogP contribution < -0.4 is 0 Å². The van der Waals surface area contributed by atoms with E-state index in [1.807, 2.05) is 24.5 Å². The minimum Gasteiger partial charge on any atom is -0.305 e. The number of benzene rings is 6. The van der Waals surface area contributed by atoms with Crippen molar-refractivity contribution in [1.29, 1.82) is 0 Å². The van der Waals surface area contributed by atoms with E-state index in [1.165, 1.54) is 65.4 Å². The van der Waals surface area contributed by atoms with Gasteiger partial charge in [0.25, 0.3) is 0 Å². The quantitative estimate of drug-likeness (QED) is 0.173. The number of fused-ring (bicyclic) bond motifs is 14. The van der Waals surface area contributed by atoms with Gasteiger partial charge >= 0.3 is 0 Å². The van der Waals surface area contributed by atoms with E-state index in [2.05, 4.69) is 151 Å². The van der Waals surface area contributed by atoms with Gasteiger partial charge in [-0.25, -0.2) is 9.97 Å². The van der Waals surface area contributed by atoms with Gasteiger partial charge in [-0.1, -0.05) is 72.8 Å². The molecule has 7 aromatic heterocycles. The molecule has 6 heteroatoms. The zero-order valence-electron chi connectivity index (χ0n) is 27.7. The summed E-state index contributed by atoms with van der Waals surface area (Å²) in [6.07, 6.45) is 3.80. The molecule has 0 radical (unpaired) electrons. The Kier molecular flexibility index (Phi) is 4.78. The van der Waals surface area contributed by atoms with Crippen LogP contribution >= 0.6 is 0 Å².